The van der Waals surface area contributed by atoms with Crippen molar-refractivity contribution in [2.75, 3.05) is 44.6 Å². The molecule has 0 unspecified atom stereocenters. The molecule has 1 aliphatic heterocycles. The Bertz CT molecular complexity index is 947. The normalized spacial score (nSPS) is 12.2. The maximum Gasteiger partial charge on any atom is 0.231 e. The predicted molar refractivity (Wildman–Crippen MR) is 110 cm³/mol. The van der Waals surface area contributed by atoms with Crippen molar-refractivity contribution < 1.29 is 9.47 Å². The highest BCUT2D eigenvalue weighted by atomic mass is 16.7. The Morgan fingerprint density at radius 3 is 2.61 bits per heavy atom. The van der Waals surface area contributed by atoms with Crippen molar-refractivity contribution in [1.82, 2.24) is 14.9 Å². The summed E-state index contributed by atoms with van der Waals surface area (Å²) < 4.78 is 10.8. The topological polar surface area (TPSA) is 71.5 Å². The van der Waals surface area contributed by atoms with E-state index in [-0.39, 0.29) is 6.79 Å². The molecule has 2 N–H and O–H groups in total. The lowest BCUT2D eigenvalue weighted by Crippen LogP contribution is -2.21. The monoisotopic (exact) mass is 377 g/mol. The van der Waals surface area contributed by atoms with Gasteiger partial charge in [0.2, 0.25) is 12.7 Å². The molecule has 4 rings (SSSR count). The van der Waals surface area contributed by atoms with E-state index in [2.05, 4.69) is 25.5 Å². The molecule has 3 aromatic rings. The molecular formula is C21H23N5O2. The largest absolute Gasteiger partial charge is 0.454 e. The van der Waals surface area contributed by atoms with E-state index in [9.17, 15) is 0 Å². The second-order valence-electron chi connectivity index (χ2n) is 6.75. The van der Waals surface area contributed by atoms with Crippen LogP contribution in [-0.2, 0) is 0 Å². The van der Waals surface area contributed by atoms with E-state index in [1.54, 1.807) is 0 Å². The van der Waals surface area contributed by atoms with Crippen LogP contribution in [0.2, 0.25) is 0 Å². The van der Waals surface area contributed by atoms with Crippen LogP contribution in [0.3, 0.4) is 0 Å². The summed E-state index contributed by atoms with van der Waals surface area (Å²) in [4.78, 5) is 11.4. The molecule has 0 amide bonds. The second kappa shape index (κ2) is 8.14. The van der Waals surface area contributed by atoms with Gasteiger partial charge in [0.25, 0.3) is 0 Å². The Kier molecular flexibility index (Phi) is 5.25. The highest BCUT2D eigenvalue weighted by Gasteiger charge is 2.14. The molecule has 0 atom stereocenters. The Balaban J connectivity index is 1.61. The van der Waals surface area contributed by atoms with E-state index in [0.717, 1.165) is 41.5 Å². The van der Waals surface area contributed by atoms with E-state index < -0.39 is 0 Å². The van der Waals surface area contributed by atoms with Gasteiger partial charge in [-0.3, -0.25) is 0 Å². The summed E-state index contributed by atoms with van der Waals surface area (Å²) in [7, 11) is 4.07. The van der Waals surface area contributed by atoms with E-state index in [0.29, 0.717) is 11.8 Å². The Morgan fingerprint density at radius 2 is 1.79 bits per heavy atom. The maximum atomic E-state index is 5.46. The van der Waals surface area contributed by atoms with Crippen LogP contribution in [0, 0.1) is 0 Å². The standard InChI is InChI=1S/C21H23N5O2/c1-26(2)11-10-22-21-24-17(15-6-4-3-5-7-15)13-20(25-21)23-16-8-9-18-19(12-16)28-14-27-18/h3-9,12-13H,10-11,14H2,1-2H3,(H2,22,23,24,25). The molecular weight excluding hydrogens is 354 g/mol. The minimum Gasteiger partial charge on any atom is -0.454 e. The van der Waals surface area contributed by atoms with Gasteiger partial charge in [-0.25, -0.2) is 4.98 Å². The van der Waals surface area contributed by atoms with Gasteiger partial charge in [0, 0.05) is 36.5 Å². The first kappa shape index (κ1) is 18.1. The third kappa shape index (κ3) is 4.32. The van der Waals surface area contributed by atoms with Crippen molar-refractivity contribution in [2.45, 2.75) is 0 Å². The average molecular weight is 377 g/mol. The molecule has 1 aromatic heterocycles. The molecule has 0 saturated carbocycles. The number of rotatable bonds is 7. The van der Waals surface area contributed by atoms with Crippen LogP contribution in [0.15, 0.2) is 54.6 Å². The minimum absolute atomic E-state index is 0.254. The first-order chi connectivity index (χ1) is 13.7. The van der Waals surface area contributed by atoms with Crippen molar-refractivity contribution in [1.29, 1.82) is 0 Å². The molecule has 2 heterocycles. The smallest absolute Gasteiger partial charge is 0.231 e. The summed E-state index contributed by atoms with van der Waals surface area (Å²) in [5, 5.41) is 6.65. The Morgan fingerprint density at radius 1 is 0.964 bits per heavy atom. The molecule has 1 aliphatic rings. The summed E-state index contributed by atoms with van der Waals surface area (Å²) in [5.74, 6) is 2.78. The predicted octanol–water partition coefficient (Wildman–Crippen LogP) is 3.59. The van der Waals surface area contributed by atoms with Crippen molar-refractivity contribution >= 4 is 17.5 Å². The van der Waals surface area contributed by atoms with E-state index in [4.69, 9.17) is 9.47 Å². The molecule has 7 nitrogen and oxygen atoms in total. The first-order valence-corrected chi connectivity index (χ1v) is 9.17. The zero-order valence-corrected chi connectivity index (χ0v) is 16.0. The van der Waals surface area contributed by atoms with Gasteiger partial charge < -0.3 is 25.0 Å². The van der Waals surface area contributed by atoms with Gasteiger partial charge in [-0.15, -0.1) is 0 Å². The summed E-state index contributed by atoms with van der Waals surface area (Å²) in [5.41, 5.74) is 2.77. The van der Waals surface area contributed by atoms with Crippen LogP contribution in [0.5, 0.6) is 11.5 Å². The molecule has 7 heteroatoms. The van der Waals surface area contributed by atoms with Crippen LogP contribution in [0.4, 0.5) is 17.5 Å². The molecule has 0 spiro atoms. The fourth-order valence-corrected chi connectivity index (χ4v) is 2.86. The molecule has 0 aliphatic carbocycles. The van der Waals surface area contributed by atoms with Gasteiger partial charge in [0.1, 0.15) is 5.82 Å². The molecule has 0 saturated heterocycles. The van der Waals surface area contributed by atoms with Crippen LogP contribution in [0.1, 0.15) is 0 Å². The fourth-order valence-electron chi connectivity index (χ4n) is 2.86. The van der Waals surface area contributed by atoms with Crippen molar-refractivity contribution in [2.24, 2.45) is 0 Å². The number of anilines is 3. The number of hydrogen-bond donors (Lipinski definition) is 2. The van der Waals surface area contributed by atoms with Crippen LogP contribution >= 0.6 is 0 Å². The highest BCUT2D eigenvalue weighted by Crippen LogP contribution is 2.35. The molecule has 2 aromatic carbocycles. The maximum absolute atomic E-state index is 5.46. The number of aromatic nitrogens is 2. The quantitative estimate of drug-likeness (QED) is 0.652. The molecule has 28 heavy (non-hydrogen) atoms. The second-order valence-corrected chi connectivity index (χ2v) is 6.75. The lowest BCUT2D eigenvalue weighted by molar-refractivity contribution is 0.174. The molecule has 144 valence electrons. The number of ether oxygens (including phenoxy) is 2. The number of nitrogens with zero attached hydrogens (tertiary/aromatic N) is 3. The third-order valence-electron chi connectivity index (χ3n) is 4.28. The molecule has 0 bridgehead atoms. The van der Waals surface area contributed by atoms with Gasteiger partial charge in [-0.05, 0) is 26.2 Å². The number of fused-ring (bicyclic) bond motifs is 1. The lowest BCUT2D eigenvalue weighted by atomic mass is 10.1. The summed E-state index contributed by atoms with van der Waals surface area (Å²) >= 11 is 0. The van der Waals surface area contributed by atoms with Gasteiger partial charge in [0.15, 0.2) is 11.5 Å². The Hall–Kier alpha value is -3.32. The first-order valence-electron chi connectivity index (χ1n) is 9.17. The van der Waals surface area contributed by atoms with Gasteiger partial charge in [-0.2, -0.15) is 4.98 Å². The molecule has 0 fully saturated rings. The zero-order chi connectivity index (χ0) is 19.3. The zero-order valence-electron chi connectivity index (χ0n) is 16.0. The van der Waals surface area contributed by atoms with Crippen LogP contribution in [-0.4, -0.2) is 48.8 Å². The summed E-state index contributed by atoms with van der Waals surface area (Å²) in [6, 6.07) is 17.8. The number of hydrogen-bond acceptors (Lipinski definition) is 7. The van der Waals surface area contributed by atoms with E-state index >= 15 is 0 Å². The minimum atomic E-state index is 0.254. The highest BCUT2D eigenvalue weighted by molar-refractivity contribution is 5.68. The fraction of sp³-hybridized carbons (Fsp3) is 0.238. The van der Waals surface area contributed by atoms with Crippen LogP contribution < -0.4 is 20.1 Å². The average Bonchev–Trinajstić information content (AvgIpc) is 3.16. The number of nitrogens with one attached hydrogen (secondary N) is 2. The van der Waals surface area contributed by atoms with Gasteiger partial charge >= 0.3 is 0 Å². The molecule has 0 radical (unpaired) electrons. The summed E-state index contributed by atoms with van der Waals surface area (Å²) in [6.07, 6.45) is 0. The van der Waals surface area contributed by atoms with Crippen molar-refractivity contribution in [3.63, 3.8) is 0 Å². The van der Waals surface area contributed by atoms with Gasteiger partial charge in [-0.1, -0.05) is 30.3 Å². The number of benzene rings is 2. The third-order valence-corrected chi connectivity index (χ3v) is 4.28. The summed E-state index contributed by atoms with van der Waals surface area (Å²) in [6.45, 7) is 1.91. The van der Waals surface area contributed by atoms with Crippen LogP contribution in [0.25, 0.3) is 11.3 Å². The SMILES string of the molecule is CN(C)CCNc1nc(Nc2ccc3c(c2)OCO3)cc(-c2ccccc2)n1. The van der Waals surface area contributed by atoms with Gasteiger partial charge in [0.05, 0.1) is 5.69 Å². The lowest BCUT2D eigenvalue weighted by Gasteiger charge is -2.13. The number of likely N-dealkylation sites (N-methyl/N-ethyl adjacent to an activating group) is 1. The van der Waals surface area contributed by atoms with E-state index in [1.807, 2.05) is 68.7 Å². The van der Waals surface area contributed by atoms with Crippen molar-refractivity contribution in [3.05, 3.63) is 54.6 Å². The van der Waals surface area contributed by atoms with E-state index in [1.165, 1.54) is 0 Å². The Labute approximate surface area is 164 Å². The van der Waals surface area contributed by atoms with Crippen molar-refractivity contribution in [3.8, 4) is 22.8 Å².